The highest BCUT2D eigenvalue weighted by molar-refractivity contribution is 5.94. The second-order valence-electron chi connectivity index (χ2n) is 5.59. The van der Waals surface area contributed by atoms with Crippen molar-refractivity contribution in [2.75, 3.05) is 6.54 Å². The van der Waals surface area contributed by atoms with Crippen LogP contribution in [0.1, 0.15) is 27.7 Å². The summed E-state index contributed by atoms with van der Waals surface area (Å²) in [5.41, 5.74) is 2.47. The van der Waals surface area contributed by atoms with E-state index in [4.69, 9.17) is 4.42 Å². The summed E-state index contributed by atoms with van der Waals surface area (Å²) in [5.74, 6) is -0.455. The van der Waals surface area contributed by atoms with Gasteiger partial charge in [-0.3, -0.25) is 4.79 Å². The smallest absolute Gasteiger partial charge is 0.254 e. The largest absolute Gasteiger partial charge is 0.472 e. The minimum absolute atomic E-state index is 0.108. The Hall–Kier alpha value is -2.82. The maximum absolute atomic E-state index is 13.1. The van der Waals surface area contributed by atoms with E-state index >= 15 is 0 Å². The Morgan fingerprint density at radius 3 is 2.70 bits per heavy atom. The predicted octanol–water partition coefficient (Wildman–Crippen LogP) is 3.47. The van der Waals surface area contributed by atoms with Gasteiger partial charge in [0, 0.05) is 36.1 Å². The number of furan rings is 1. The molecule has 0 saturated carbocycles. The molecule has 1 aromatic carbocycles. The fourth-order valence-corrected chi connectivity index (χ4v) is 3.14. The first-order valence-electron chi connectivity index (χ1n) is 7.48. The molecule has 1 amide bonds. The van der Waals surface area contributed by atoms with Gasteiger partial charge in [0.25, 0.3) is 5.91 Å². The van der Waals surface area contributed by atoms with E-state index in [1.165, 1.54) is 24.3 Å². The molecule has 1 atom stereocenters. The van der Waals surface area contributed by atoms with Gasteiger partial charge in [0.1, 0.15) is 11.9 Å². The standard InChI is InChI=1S/C18H15FN2O2/c19-15-5-3-13(4-6-15)18(22)21-10-9-20-8-1-2-16(20)17(21)14-7-11-23-12-14/h1-8,11-12,17H,9-10H2. The number of rotatable bonds is 2. The number of fused-ring (bicyclic) bond motifs is 1. The van der Waals surface area contributed by atoms with Gasteiger partial charge in [-0.15, -0.1) is 0 Å². The molecule has 0 bridgehead atoms. The zero-order chi connectivity index (χ0) is 15.8. The highest BCUT2D eigenvalue weighted by Gasteiger charge is 2.33. The van der Waals surface area contributed by atoms with Crippen molar-refractivity contribution >= 4 is 5.91 Å². The number of hydrogen-bond acceptors (Lipinski definition) is 2. The van der Waals surface area contributed by atoms with Gasteiger partial charge in [0.05, 0.1) is 12.5 Å². The average Bonchev–Trinajstić information content (AvgIpc) is 3.25. The van der Waals surface area contributed by atoms with E-state index < -0.39 is 0 Å². The fourth-order valence-electron chi connectivity index (χ4n) is 3.14. The second-order valence-corrected chi connectivity index (χ2v) is 5.59. The van der Waals surface area contributed by atoms with Crippen molar-refractivity contribution in [2.45, 2.75) is 12.6 Å². The van der Waals surface area contributed by atoms with Crippen molar-refractivity contribution in [1.29, 1.82) is 0 Å². The van der Waals surface area contributed by atoms with E-state index in [-0.39, 0.29) is 17.8 Å². The van der Waals surface area contributed by atoms with Gasteiger partial charge in [0.2, 0.25) is 0 Å². The van der Waals surface area contributed by atoms with Crippen molar-refractivity contribution < 1.29 is 13.6 Å². The van der Waals surface area contributed by atoms with Crippen LogP contribution in [0.2, 0.25) is 0 Å². The molecule has 3 aromatic rings. The first kappa shape index (κ1) is 13.8. The lowest BCUT2D eigenvalue weighted by atomic mass is 10.0. The maximum atomic E-state index is 13.1. The monoisotopic (exact) mass is 310 g/mol. The molecular weight excluding hydrogens is 295 g/mol. The van der Waals surface area contributed by atoms with E-state index in [2.05, 4.69) is 4.57 Å². The van der Waals surface area contributed by atoms with E-state index in [1.54, 1.807) is 12.5 Å². The predicted molar refractivity (Wildman–Crippen MR) is 82.4 cm³/mol. The molecule has 0 saturated heterocycles. The van der Waals surface area contributed by atoms with Crippen LogP contribution in [-0.4, -0.2) is 21.9 Å². The van der Waals surface area contributed by atoms with Crippen molar-refractivity contribution in [3.8, 4) is 0 Å². The Labute approximate surface area is 132 Å². The molecule has 1 aliphatic rings. The van der Waals surface area contributed by atoms with Gasteiger partial charge < -0.3 is 13.9 Å². The molecule has 3 heterocycles. The Kier molecular flexibility index (Phi) is 3.26. The number of nitrogens with zero attached hydrogens (tertiary/aromatic N) is 2. The third kappa shape index (κ3) is 2.34. The lowest BCUT2D eigenvalue weighted by Gasteiger charge is -2.36. The topological polar surface area (TPSA) is 38.4 Å². The van der Waals surface area contributed by atoms with Gasteiger partial charge in [-0.2, -0.15) is 0 Å². The minimum Gasteiger partial charge on any atom is -0.472 e. The lowest BCUT2D eigenvalue weighted by molar-refractivity contribution is 0.0663. The van der Waals surface area contributed by atoms with Gasteiger partial charge >= 0.3 is 0 Å². The molecule has 4 rings (SSSR count). The van der Waals surface area contributed by atoms with E-state index in [0.717, 1.165) is 17.8 Å². The minimum atomic E-state index is -0.347. The lowest BCUT2D eigenvalue weighted by Crippen LogP contribution is -2.42. The first-order chi connectivity index (χ1) is 11.2. The number of carbonyl (C=O) groups is 1. The van der Waals surface area contributed by atoms with Gasteiger partial charge in [0.15, 0.2) is 0 Å². The first-order valence-corrected chi connectivity index (χ1v) is 7.48. The van der Waals surface area contributed by atoms with Crippen LogP contribution in [0.5, 0.6) is 0 Å². The molecular formula is C18H15FN2O2. The van der Waals surface area contributed by atoms with Crippen molar-refractivity contribution in [3.63, 3.8) is 0 Å². The molecule has 0 radical (unpaired) electrons. The fraction of sp³-hybridized carbons (Fsp3) is 0.167. The SMILES string of the molecule is O=C(c1ccc(F)cc1)N1CCn2cccc2C1c1ccoc1. The normalized spacial score (nSPS) is 17.1. The highest BCUT2D eigenvalue weighted by atomic mass is 19.1. The molecule has 1 aliphatic heterocycles. The maximum Gasteiger partial charge on any atom is 0.254 e. The molecule has 2 aromatic heterocycles. The molecule has 1 unspecified atom stereocenters. The summed E-state index contributed by atoms with van der Waals surface area (Å²) in [6.45, 7) is 1.33. The second kappa shape index (κ2) is 5.43. The summed E-state index contributed by atoms with van der Waals surface area (Å²) < 4.78 is 20.5. The van der Waals surface area contributed by atoms with E-state index in [0.29, 0.717) is 12.1 Å². The third-order valence-corrected chi connectivity index (χ3v) is 4.25. The summed E-state index contributed by atoms with van der Waals surface area (Å²) in [7, 11) is 0. The molecule has 5 heteroatoms. The summed E-state index contributed by atoms with van der Waals surface area (Å²) in [4.78, 5) is 14.7. The molecule has 0 N–H and O–H groups in total. The Bertz CT molecular complexity index is 821. The number of benzene rings is 1. The number of carbonyl (C=O) groups excluding carboxylic acids is 1. The van der Waals surface area contributed by atoms with E-state index in [1.807, 2.05) is 29.3 Å². The summed E-state index contributed by atoms with van der Waals surface area (Å²) in [6, 6.07) is 11.3. The van der Waals surface area contributed by atoms with Crippen molar-refractivity contribution in [2.24, 2.45) is 0 Å². The third-order valence-electron chi connectivity index (χ3n) is 4.25. The van der Waals surface area contributed by atoms with Crippen molar-refractivity contribution in [1.82, 2.24) is 9.47 Å². The molecule has 0 fully saturated rings. The van der Waals surface area contributed by atoms with Crippen LogP contribution in [0.15, 0.2) is 65.6 Å². The van der Waals surface area contributed by atoms with Crippen LogP contribution in [0.3, 0.4) is 0 Å². The quantitative estimate of drug-likeness (QED) is 0.727. The van der Waals surface area contributed by atoms with Gasteiger partial charge in [-0.1, -0.05) is 0 Å². The van der Waals surface area contributed by atoms with Gasteiger partial charge in [-0.05, 0) is 42.5 Å². The van der Waals surface area contributed by atoms with Crippen molar-refractivity contribution in [3.05, 3.63) is 83.8 Å². The number of aromatic nitrogens is 1. The van der Waals surface area contributed by atoms with Crippen LogP contribution in [0.25, 0.3) is 0 Å². The Balaban J connectivity index is 1.75. The summed E-state index contributed by atoms with van der Waals surface area (Å²) in [6.07, 6.45) is 5.29. The van der Waals surface area contributed by atoms with Crippen LogP contribution in [-0.2, 0) is 6.54 Å². The Morgan fingerprint density at radius 1 is 1.13 bits per heavy atom. The molecule has 0 aliphatic carbocycles. The number of amides is 1. The summed E-state index contributed by atoms with van der Waals surface area (Å²) >= 11 is 0. The number of hydrogen-bond donors (Lipinski definition) is 0. The van der Waals surface area contributed by atoms with Crippen LogP contribution >= 0.6 is 0 Å². The zero-order valence-electron chi connectivity index (χ0n) is 12.4. The Morgan fingerprint density at radius 2 is 1.96 bits per heavy atom. The summed E-state index contributed by atoms with van der Waals surface area (Å²) in [5, 5.41) is 0. The molecule has 0 spiro atoms. The molecule has 4 nitrogen and oxygen atoms in total. The van der Waals surface area contributed by atoms with E-state index in [9.17, 15) is 9.18 Å². The molecule has 23 heavy (non-hydrogen) atoms. The van der Waals surface area contributed by atoms with Gasteiger partial charge in [-0.25, -0.2) is 4.39 Å². The highest BCUT2D eigenvalue weighted by Crippen LogP contribution is 2.33. The average molecular weight is 310 g/mol. The van der Waals surface area contributed by atoms with Crippen LogP contribution < -0.4 is 0 Å². The zero-order valence-corrected chi connectivity index (χ0v) is 12.4. The number of halogens is 1. The van der Waals surface area contributed by atoms with Crippen LogP contribution in [0.4, 0.5) is 4.39 Å². The van der Waals surface area contributed by atoms with Crippen LogP contribution in [0, 0.1) is 5.82 Å². The molecule has 116 valence electrons.